The van der Waals surface area contributed by atoms with Crippen LogP contribution in [0.4, 0.5) is 4.79 Å². The van der Waals surface area contributed by atoms with Crippen molar-refractivity contribution < 1.29 is 9.53 Å². The molecule has 0 radical (unpaired) electrons. The lowest BCUT2D eigenvalue weighted by atomic mass is 9.95. The van der Waals surface area contributed by atoms with Crippen LogP contribution in [-0.2, 0) is 4.74 Å². The summed E-state index contributed by atoms with van der Waals surface area (Å²) in [6.45, 7) is 7.86. The maximum Gasteiger partial charge on any atom is 0.411 e. The predicted molar refractivity (Wildman–Crippen MR) is 132 cm³/mol. The van der Waals surface area contributed by atoms with Gasteiger partial charge in [0.25, 0.3) is 0 Å². The number of nitriles is 1. The lowest BCUT2D eigenvalue weighted by molar-refractivity contribution is 0.00693. The molecule has 0 aliphatic heterocycles. The van der Waals surface area contributed by atoms with Gasteiger partial charge in [-0.05, 0) is 86.9 Å². The second kappa shape index (κ2) is 9.27. The summed E-state index contributed by atoms with van der Waals surface area (Å²) < 4.78 is 5.89. The van der Waals surface area contributed by atoms with Crippen LogP contribution in [0, 0.1) is 11.3 Å². The summed E-state index contributed by atoms with van der Waals surface area (Å²) in [7, 11) is 0. The van der Waals surface area contributed by atoms with Crippen molar-refractivity contribution in [3.05, 3.63) is 83.4 Å². The summed E-state index contributed by atoms with van der Waals surface area (Å²) >= 11 is 0. The van der Waals surface area contributed by atoms with Gasteiger partial charge in [-0.25, -0.2) is 4.79 Å². The Hall–Kier alpha value is -3.32. The minimum absolute atomic E-state index is 0.0921. The quantitative estimate of drug-likeness (QED) is 0.426. The molecule has 1 saturated carbocycles. The van der Waals surface area contributed by atoms with E-state index in [1.165, 1.54) is 16.3 Å². The van der Waals surface area contributed by atoms with Gasteiger partial charge in [0.05, 0.1) is 17.7 Å². The van der Waals surface area contributed by atoms with Gasteiger partial charge in [-0.2, -0.15) is 5.26 Å². The highest BCUT2D eigenvalue weighted by molar-refractivity contribution is 5.86. The largest absolute Gasteiger partial charge is 0.444 e. The average Bonchev–Trinajstić information content (AvgIpc) is 3.27. The Kier molecular flexibility index (Phi) is 6.42. The van der Waals surface area contributed by atoms with Crippen molar-refractivity contribution in [2.24, 2.45) is 0 Å². The zero-order chi connectivity index (χ0) is 23.6. The molecule has 0 spiro atoms. The van der Waals surface area contributed by atoms with Crippen molar-refractivity contribution in [2.75, 3.05) is 0 Å². The molecule has 0 aromatic heterocycles. The van der Waals surface area contributed by atoms with Crippen LogP contribution in [0.5, 0.6) is 0 Å². The van der Waals surface area contributed by atoms with Crippen molar-refractivity contribution in [2.45, 2.75) is 70.6 Å². The Morgan fingerprint density at radius 1 is 1.03 bits per heavy atom. The van der Waals surface area contributed by atoms with E-state index in [-0.39, 0.29) is 18.2 Å². The zero-order valence-corrected chi connectivity index (χ0v) is 19.9. The fourth-order valence-electron chi connectivity index (χ4n) is 5.05. The third kappa shape index (κ3) is 5.03. The van der Waals surface area contributed by atoms with Gasteiger partial charge in [0, 0.05) is 6.04 Å². The summed E-state index contributed by atoms with van der Waals surface area (Å²) in [6.07, 6.45) is 2.57. The summed E-state index contributed by atoms with van der Waals surface area (Å²) in [4.78, 5) is 15.5. The molecule has 33 heavy (non-hydrogen) atoms. The molecule has 3 atom stereocenters. The number of amides is 1. The zero-order valence-electron chi connectivity index (χ0n) is 19.9. The van der Waals surface area contributed by atoms with Gasteiger partial charge in [0.1, 0.15) is 5.60 Å². The van der Waals surface area contributed by atoms with Crippen LogP contribution < -0.4 is 0 Å². The molecule has 1 amide bonds. The summed E-state index contributed by atoms with van der Waals surface area (Å²) in [6, 6.07) is 24.7. The van der Waals surface area contributed by atoms with Crippen molar-refractivity contribution in [1.29, 1.82) is 5.26 Å². The first kappa shape index (κ1) is 22.9. The van der Waals surface area contributed by atoms with Gasteiger partial charge in [-0.15, -0.1) is 0 Å². The van der Waals surface area contributed by atoms with Gasteiger partial charge in [-0.3, -0.25) is 4.90 Å². The Labute approximate surface area is 196 Å². The van der Waals surface area contributed by atoms with E-state index in [0.29, 0.717) is 11.5 Å². The molecule has 0 bridgehead atoms. The first-order chi connectivity index (χ1) is 15.8. The van der Waals surface area contributed by atoms with Crippen LogP contribution in [0.1, 0.15) is 75.6 Å². The second-order valence-electron chi connectivity index (χ2n) is 10.0. The molecule has 1 aliphatic carbocycles. The number of ether oxygens (including phenoxy) is 1. The number of hydrogen-bond acceptors (Lipinski definition) is 3. The monoisotopic (exact) mass is 440 g/mol. The maximum absolute atomic E-state index is 13.5. The van der Waals surface area contributed by atoms with E-state index in [4.69, 9.17) is 10.00 Å². The Morgan fingerprint density at radius 2 is 1.73 bits per heavy atom. The number of fused-ring (bicyclic) bond motifs is 1. The summed E-state index contributed by atoms with van der Waals surface area (Å²) in [5.74, 6) is 0.368. The van der Waals surface area contributed by atoms with Crippen LogP contribution in [0.3, 0.4) is 0 Å². The highest BCUT2D eigenvalue weighted by Crippen LogP contribution is 2.41. The number of nitrogens with zero attached hydrogens (tertiary/aromatic N) is 2. The van der Waals surface area contributed by atoms with Gasteiger partial charge in [-0.1, -0.05) is 54.6 Å². The first-order valence-electron chi connectivity index (χ1n) is 11.8. The SMILES string of the molecule is CC(c1cccc2ccccc12)N(C(=O)OC(C)(C)C)C1CC[C@H](c2ccc(C#N)cc2)C1. The Balaban J connectivity index is 1.65. The Bertz CT molecular complexity index is 1170. The molecular weight excluding hydrogens is 408 g/mol. The number of carbonyl (C=O) groups is 1. The topological polar surface area (TPSA) is 53.3 Å². The second-order valence-corrected chi connectivity index (χ2v) is 10.0. The minimum atomic E-state index is -0.557. The van der Waals surface area contributed by atoms with E-state index in [9.17, 15) is 4.79 Å². The fraction of sp³-hybridized carbons (Fsp3) is 0.379. The standard InChI is InChI=1S/C29H32N2O2/c1-20(26-11-7-9-23-8-5-6-10-27(23)26)31(28(32)33-29(2,3)4)25-17-16-24(18-25)22-14-12-21(19-30)13-15-22/h5-15,20,24-25H,16-18H2,1-4H3/t20?,24-,25?/m0/s1. The number of benzene rings is 3. The third-order valence-corrected chi connectivity index (χ3v) is 6.60. The molecule has 3 aromatic carbocycles. The molecule has 0 saturated heterocycles. The van der Waals surface area contributed by atoms with Crippen LogP contribution in [0.2, 0.25) is 0 Å². The van der Waals surface area contributed by atoms with Gasteiger partial charge in [0.2, 0.25) is 0 Å². The minimum Gasteiger partial charge on any atom is -0.444 e. The summed E-state index contributed by atoms with van der Waals surface area (Å²) in [5, 5.41) is 11.4. The molecule has 170 valence electrons. The Morgan fingerprint density at radius 3 is 2.42 bits per heavy atom. The van der Waals surface area contributed by atoms with Crippen LogP contribution in [-0.4, -0.2) is 22.6 Å². The molecule has 4 nitrogen and oxygen atoms in total. The van der Waals surface area contributed by atoms with E-state index in [1.807, 2.05) is 49.9 Å². The van der Waals surface area contributed by atoms with E-state index in [0.717, 1.165) is 24.8 Å². The number of rotatable bonds is 4. The average molecular weight is 441 g/mol. The molecule has 1 fully saturated rings. The van der Waals surface area contributed by atoms with E-state index < -0.39 is 5.60 Å². The lowest BCUT2D eigenvalue weighted by Crippen LogP contribution is -2.44. The van der Waals surface area contributed by atoms with Gasteiger partial charge >= 0.3 is 6.09 Å². The van der Waals surface area contributed by atoms with E-state index in [1.54, 1.807) is 0 Å². The molecule has 0 heterocycles. The summed E-state index contributed by atoms with van der Waals surface area (Å²) in [5.41, 5.74) is 2.49. The van der Waals surface area contributed by atoms with E-state index >= 15 is 0 Å². The molecule has 4 heteroatoms. The maximum atomic E-state index is 13.5. The van der Waals surface area contributed by atoms with E-state index in [2.05, 4.69) is 55.5 Å². The molecule has 1 aliphatic rings. The third-order valence-electron chi connectivity index (χ3n) is 6.60. The van der Waals surface area contributed by atoms with Crippen LogP contribution >= 0.6 is 0 Å². The molecular formula is C29H32N2O2. The smallest absolute Gasteiger partial charge is 0.411 e. The number of carbonyl (C=O) groups excluding carboxylic acids is 1. The van der Waals surface area contributed by atoms with Crippen molar-refractivity contribution >= 4 is 16.9 Å². The molecule has 3 aromatic rings. The molecule has 0 N–H and O–H groups in total. The predicted octanol–water partition coefficient (Wildman–Crippen LogP) is 7.35. The van der Waals surface area contributed by atoms with Crippen LogP contribution in [0.15, 0.2) is 66.7 Å². The molecule has 4 rings (SSSR count). The van der Waals surface area contributed by atoms with Crippen molar-refractivity contribution in [3.63, 3.8) is 0 Å². The molecule has 2 unspecified atom stereocenters. The normalized spacial score (nSPS) is 19.1. The highest BCUT2D eigenvalue weighted by atomic mass is 16.6. The fourth-order valence-corrected chi connectivity index (χ4v) is 5.05. The lowest BCUT2D eigenvalue weighted by Gasteiger charge is -2.37. The first-order valence-corrected chi connectivity index (χ1v) is 11.8. The highest BCUT2D eigenvalue weighted by Gasteiger charge is 2.38. The number of hydrogen-bond donors (Lipinski definition) is 0. The van der Waals surface area contributed by atoms with Gasteiger partial charge in [0.15, 0.2) is 0 Å². The van der Waals surface area contributed by atoms with Crippen molar-refractivity contribution in [3.8, 4) is 6.07 Å². The van der Waals surface area contributed by atoms with Crippen LogP contribution in [0.25, 0.3) is 10.8 Å². The van der Waals surface area contributed by atoms with Crippen molar-refractivity contribution in [1.82, 2.24) is 4.90 Å². The van der Waals surface area contributed by atoms with Gasteiger partial charge < -0.3 is 4.74 Å².